The number of aromatic nitrogens is 4. The Morgan fingerprint density at radius 2 is 2.03 bits per heavy atom. The standard InChI is InChI=1S/C26H34ClN7O2/c1-6-32(4)20-9-11-33(12-10-20)25(35)18-7-8-22(23(13-18)36-5)30-26-28-15-21(27)24(31-26)19-14-29-34(16-19)17(2)3/h7-8,13-17,20H,6,9-12H2,1-5H3,(H,28,30,31). The Balaban J connectivity index is 1.50. The van der Waals surface area contributed by atoms with E-state index in [1.165, 1.54) is 0 Å². The lowest BCUT2D eigenvalue weighted by atomic mass is 10.0. The summed E-state index contributed by atoms with van der Waals surface area (Å²) in [5.74, 6) is 0.921. The maximum absolute atomic E-state index is 13.2. The first-order chi connectivity index (χ1) is 17.3. The molecule has 1 aliphatic rings. The molecule has 36 heavy (non-hydrogen) atoms. The predicted molar refractivity (Wildman–Crippen MR) is 142 cm³/mol. The van der Waals surface area contributed by atoms with Crippen LogP contribution in [0.3, 0.4) is 0 Å². The van der Waals surface area contributed by atoms with Crippen molar-refractivity contribution in [1.82, 2.24) is 29.5 Å². The van der Waals surface area contributed by atoms with Crippen LogP contribution in [0.15, 0.2) is 36.8 Å². The fourth-order valence-corrected chi connectivity index (χ4v) is 4.57. The predicted octanol–water partition coefficient (Wildman–Crippen LogP) is 4.88. The average Bonchev–Trinajstić information content (AvgIpc) is 3.40. The number of anilines is 2. The van der Waals surface area contributed by atoms with Crippen LogP contribution in [0.1, 0.15) is 50.0 Å². The van der Waals surface area contributed by atoms with E-state index in [1.54, 1.807) is 31.6 Å². The van der Waals surface area contributed by atoms with Gasteiger partial charge in [0.25, 0.3) is 5.91 Å². The molecule has 0 saturated carbocycles. The van der Waals surface area contributed by atoms with E-state index in [2.05, 4.69) is 53.1 Å². The molecule has 1 amide bonds. The number of carbonyl (C=O) groups excluding carboxylic acids is 1. The van der Waals surface area contributed by atoms with Gasteiger partial charge < -0.3 is 19.9 Å². The van der Waals surface area contributed by atoms with Crippen LogP contribution < -0.4 is 10.1 Å². The van der Waals surface area contributed by atoms with Crippen LogP contribution in [0, 0.1) is 0 Å². The summed E-state index contributed by atoms with van der Waals surface area (Å²) in [6.07, 6.45) is 7.18. The molecule has 2 aromatic heterocycles. The van der Waals surface area contributed by atoms with E-state index in [0.29, 0.717) is 39.7 Å². The molecule has 10 heteroatoms. The van der Waals surface area contributed by atoms with Gasteiger partial charge in [0.2, 0.25) is 5.95 Å². The number of piperidine rings is 1. The quantitative estimate of drug-likeness (QED) is 0.461. The van der Waals surface area contributed by atoms with Crippen LogP contribution >= 0.6 is 11.6 Å². The lowest BCUT2D eigenvalue weighted by molar-refractivity contribution is 0.0650. The molecular formula is C26H34ClN7O2. The molecule has 1 saturated heterocycles. The molecule has 0 bridgehead atoms. The number of nitrogens with zero attached hydrogens (tertiary/aromatic N) is 6. The van der Waals surface area contributed by atoms with Crippen molar-refractivity contribution in [3.8, 4) is 17.0 Å². The van der Waals surface area contributed by atoms with E-state index in [1.807, 2.05) is 21.8 Å². The number of hydrogen-bond donors (Lipinski definition) is 1. The van der Waals surface area contributed by atoms with Gasteiger partial charge in [-0.2, -0.15) is 5.10 Å². The molecule has 3 heterocycles. The second kappa shape index (κ2) is 11.3. The molecule has 1 N–H and O–H groups in total. The number of benzene rings is 1. The number of methoxy groups -OCH3 is 1. The lowest BCUT2D eigenvalue weighted by Gasteiger charge is -2.36. The van der Waals surface area contributed by atoms with Gasteiger partial charge in [-0.3, -0.25) is 9.48 Å². The highest BCUT2D eigenvalue weighted by Gasteiger charge is 2.26. The summed E-state index contributed by atoms with van der Waals surface area (Å²) in [4.78, 5) is 26.4. The second-order valence-electron chi connectivity index (χ2n) is 9.33. The Morgan fingerprint density at radius 1 is 1.28 bits per heavy atom. The zero-order chi connectivity index (χ0) is 25.8. The molecule has 1 fully saturated rings. The lowest BCUT2D eigenvalue weighted by Crippen LogP contribution is -2.45. The van der Waals surface area contributed by atoms with Crippen LogP contribution in [0.2, 0.25) is 5.02 Å². The highest BCUT2D eigenvalue weighted by atomic mass is 35.5. The summed E-state index contributed by atoms with van der Waals surface area (Å²) in [6, 6.07) is 6.15. The smallest absolute Gasteiger partial charge is 0.253 e. The molecule has 1 aromatic carbocycles. The molecule has 0 radical (unpaired) electrons. The first-order valence-corrected chi connectivity index (χ1v) is 12.7. The number of hydrogen-bond acceptors (Lipinski definition) is 7. The fraction of sp³-hybridized carbons (Fsp3) is 0.462. The molecule has 3 aromatic rings. The van der Waals surface area contributed by atoms with Gasteiger partial charge in [0.15, 0.2) is 0 Å². The molecule has 192 valence electrons. The van der Waals surface area contributed by atoms with Gasteiger partial charge in [-0.1, -0.05) is 18.5 Å². The van der Waals surface area contributed by atoms with Gasteiger partial charge in [-0.25, -0.2) is 9.97 Å². The van der Waals surface area contributed by atoms with Crippen LogP contribution in [0.5, 0.6) is 5.75 Å². The van der Waals surface area contributed by atoms with Crippen LogP contribution in [-0.2, 0) is 0 Å². The number of halogens is 1. The highest BCUT2D eigenvalue weighted by Crippen LogP contribution is 2.31. The van der Waals surface area contributed by atoms with Crippen LogP contribution in [0.25, 0.3) is 11.3 Å². The van der Waals surface area contributed by atoms with E-state index < -0.39 is 0 Å². The Bertz CT molecular complexity index is 1200. The minimum Gasteiger partial charge on any atom is -0.495 e. The average molecular weight is 512 g/mol. The molecule has 1 aliphatic heterocycles. The number of nitrogens with one attached hydrogen (secondary N) is 1. The van der Waals surface area contributed by atoms with Gasteiger partial charge in [-0.05, 0) is 58.5 Å². The Morgan fingerprint density at radius 3 is 2.67 bits per heavy atom. The summed E-state index contributed by atoms with van der Waals surface area (Å²) >= 11 is 6.39. The third-order valence-corrected chi connectivity index (χ3v) is 6.99. The molecule has 0 atom stereocenters. The topological polar surface area (TPSA) is 88.4 Å². The Hall–Kier alpha value is -3.17. The first-order valence-electron chi connectivity index (χ1n) is 12.3. The number of amides is 1. The SMILES string of the molecule is CCN(C)C1CCN(C(=O)c2ccc(Nc3ncc(Cl)c(-c4cnn(C(C)C)c4)n3)c(OC)c2)CC1. The zero-order valence-electron chi connectivity index (χ0n) is 21.5. The van der Waals surface area contributed by atoms with Crippen molar-refractivity contribution in [2.45, 2.75) is 45.7 Å². The highest BCUT2D eigenvalue weighted by molar-refractivity contribution is 6.32. The molecule has 9 nitrogen and oxygen atoms in total. The minimum atomic E-state index is 0.0182. The van der Waals surface area contributed by atoms with E-state index in [4.69, 9.17) is 16.3 Å². The van der Waals surface area contributed by atoms with Gasteiger partial charge >= 0.3 is 0 Å². The van der Waals surface area contributed by atoms with Crippen molar-refractivity contribution in [3.05, 3.63) is 47.4 Å². The zero-order valence-corrected chi connectivity index (χ0v) is 22.3. The first kappa shape index (κ1) is 25.9. The van der Waals surface area contributed by atoms with Crippen molar-refractivity contribution in [3.63, 3.8) is 0 Å². The number of rotatable bonds is 8. The summed E-state index contributed by atoms with van der Waals surface area (Å²) < 4.78 is 7.44. The van der Waals surface area contributed by atoms with Crippen molar-refractivity contribution in [1.29, 1.82) is 0 Å². The molecule has 4 rings (SSSR count). The number of ether oxygens (including phenoxy) is 1. The normalized spacial score (nSPS) is 14.5. The van der Waals surface area contributed by atoms with E-state index in [0.717, 1.165) is 38.0 Å². The van der Waals surface area contributed by atoms with Crippen molar-refractivity contribution in [2.24, 2.45) is 0 Å². The number of likely N-dealkylation sites (tertiary alicyclic amines) is 1. The third kappa shape index (κ3) is 5.63. The number of carbonyl (C=O) groups is 1. The van der Waals surface area contributed by atoms with Crippen molar-refractivity contribution in [2.75, 3.05) is 39.1 Å². The Kier molecular flexibility index (Phi) is 8.11. The van der Waals surface area contributed by atoms with E-state index >= 15 is 0 Å². The Labute approximate surface area is 217 Å². The van der Waals surface area contributed by atoms with Crippen molar-refractivity contribution < 1.29 is 9.53 Å². The minimum absolute atomic E-state index is 0.0182. The molecule has 0 spiro atoms. The van der Waals surface area contributed by atoms with Crippen molar-refractivity contribution >= 4 is 29.1 Å². The van der Waals surface area contributed by atoms with E-state index in [-0.39, 0.29) is 11.9 Å². The van der Waals surface area contributed by atoms with Gasteiger partial charge in [-0.15, -0.1) is 0 Å². The summed E-state index contributed by atoms with van der Waals surface area (Å²) in [6.45, 7) is 8.80. The maximum Gasteiger partial charge on any atom is 0.253 e. The van der Waals surface area contributed by atoms with Gasteiger partial charge in [0, 0.05) is 42.5 Å². The molecule has 0 unspecified atom stereocenters. The van der Waals surface area contributed by atoms with Gasteiger partial charge in [0.1, 0.15) is 5.75 Å². The summed E-state index contributed by atoms with van der Waals surface area (Å²) in [5.41, 5.74) is 2.65. The summed E-state index contributed by atoms with van der Waals surface area (Å²) in [7, 11) is 3.72. The third-order valence-electron chi connectivity index (χ3n) is 6.72. The van der Waals surface area contributed by atoms with Crippen LogP contribution in [-0.4, -0.2) is 75.3 Å². The largest absolute Gasteiger partial charge is 0.495 e. The fourth-order valence-electron chi connectivity index (χ4n) is 4.37. The van der Waals surface area contributed by atoms with Gasteiger partial charge in [0.05, 0.1) is 35.9 Å². The second-order valence-corrected chi connectivity index (χ2v) is 9.74. The summed E-state index contributed by atoms with van der Waals surface area (Å²) in [5, 5.41) is 8.01. The van der Waals surface area contributed by atoms with Crippen LogP contribution in [0.4, 0.5) is 11.6 Å². The monoisotopic (exact) mass is 511 g/mol. The van der Waals surface area contributed by atoms with E-state index in [9.17, 15) is 4.79 Å². The molecular weight excluding hydrogens is 478 g/mol. The molecule has 0 aliphatic carbocycles. The maximum atomic E-state index is 13.2.